The van der Waals surface area contributed by atoms with Crippen LogP contribution in [0.1, 0.15) is 82.1 Å². The zero-order valence-corrected chi connectivity index (χ0v) is 27.2. The summed E-state index contributed by atoms with van der Waals surface area (Å²) >= 11 is 0. The Labute approximate surface area is 264 Å². The molecule has 2 atom stereocenters. The Balaban J connectivity index is 1.55. The molecule has 2 heterocycles. The van der Waals surface area contributed by atoms with E-state index in [4.69, 9.17) is 18.9 Å². The molecule has 1 N–H and O–H groups in total. The van der Waals surface area contributed by atoms with Gasteiger partial charge in [-0.2, -0.15) is 0 Å². The van der Waals surface area contributed by atoms with Crippen LogP contribution < -0.4 is 15.0 Å². The van der Waals surface area contributed by atoms with Crippen LogP contribution in [0, 0.1) is 6.92 Å². The van der Waals surface area contributed by atoms with Gasteiger partial charge in [-0.15, -0.1) is 0 Å². The summed E-state index contributed by atoms with van der Waals surface area (Å²) in [6.07, 6.45) is 2.09. The fraction of sp³-hybridized carbons (Fsp3) is 0.656. The van der Waals surface area contributed by atoms with E-state index in [9.17, 15) is 24.0 Å². The first kappa shape index (κ1) is 34.0. The van der Waals surface area contributed by atoms with Crippen LogP contribution in [-0.2, 0) is 28.6 Å². The van der Waals surface area contributed by atoms with E-state index < -0.39 is 24.0 Å². The minimum atomic E-state index is -1.09. The lowest BCUT2D eigenvalue weighted by Gasteiger charge is -2.47. The van der Waals surface area contributed by atoms with Gasteiger partial charge in [0.05, 0.1) is 11.7 Å². The SMILES string of the molecule is CCC(=O)NCCN1C(=O)C2(CCC2)Oc2cc(C)c(C(=O)N(C(C)C)[C@@H]3CCCN(C(=O)OC(C)OC(=O)COC)C3)cc21. The van der Waals surface area contributed by atoms with E-state index >= 15 is 0 Å². The molecule has 0 radical (unpaired) electrons. The number of piperidine rings is 1. The van der Waals surface area contributed by atoms with Crippen LogP contribution in [0.25, 0.3) is 0 Å². The third-order valence-corrected chi connectivity index (χ3v) is 8.57. The van der Waals surface area contributed by atoms with E-state index in [2.05, 4.69) is 5.32 Å². The Morgan fingerprint density at radius 1 is 1.13 bits per heavy atom. The van der Waals surface area contributed by atoms with Gasteiger partial charge in [0.2, 0.25) is 12.2 Å². The lowest BCUT2D eigenvalue weighted by atomic mass is 9.77. The number of amides is 4. The number of nitrogens with one attached hydrogen (secondary N) is 1. The van der Waals surface area contributed by atoms with Crippen LogP contribution in [0.2, 0.25) is 0 Å². The zero-order chi connectivity index (χ0) is 32.9. The molecule has 1 unspecified atom stereocenters. The summed E-state index contributed by atoms with van der Waals surface area (Å²) in [6.45, 7) is 9.90. The number of esters is 1. The number of carbonyl (C=O) groups excluding carboxylic acids is 5. The molecule has 248 valence electrons. The van der Waals surface area contributed by atoms with Crippen molar-refractivity contribution in [2.45, 2.75) is 97.1 Å². The summed E-state index contributed by atoms with van der Waals surface area (Å²) in [5.41, 5.74) is 0.756. The number of hydrogen-bond donors (Lipinski definition) is 1. The smallest absolute Gasteiger partial charge is 0.412 e. The molecule has 45 heavy (non-hydrogen) atoms. The molecule has 1 saturated carbocycles. The number of likely N-dealkylation sites (tertiary alicyclic amines) is 1. The lowest BCUT2D eigenvalue weighted by Crippen LogP contribution is -2.61. The Bertz CT molecular complexity index is 1300. The highest BCUT2D eigenvalue weighted by Gasteiger charge is 2.52. The van der Waals surface area contributed by atoms with Crippen LogP contribution >= 0.6 is 0 Å². The molecular formula is C32H46N4O9. The normalized spacial score (nSPS) is 19.3. The molecule has 1 spiro atoms. The number of carbonyl (C=O) groups is 5. The third-order valence-electron chi connectivity index (χ3n) is 8.57. The maximum atomic E-state index is 14.3. The molecule has 2 aliphatic heterocycles. The fourth-order valence-corrected chi connectivity index (χ4v) is 6.16. The third kappa shape index (κ3) is 7.51. The fourth-order valence-electron chi connectivity index (χ4n) is 6.16. The highest BCUT2D eigenvalue weighted by atomic mass is 16.7. The molecule has 13 heteroatoms. The van der Waals surface area contributed by atoms with Crippen molar-refractivity contribution < 1.29 is 42.9 Å². The highest BCUT2D eigenvalue weighted by Crippen LogP contribution is 2.47. The Hall–Kier alpha value is -3.87. The van der Waals surface area contributed by atoms with Gasteiger partial charge in [-0.25, -0.2) is 9.59 Å². The maximum absolute atomic E-state index is 14.3. The summed E-state index contributed by atoms with van der Waals surface area (Å²) in [5, 5.41) is 2.84. The second-order valence-corrected chi connectivity index (χ2v) is 12.2. The summed E-state index contributed by atoms with van der Waals surface area (Å²) < 4.78 is 21.4. The standard InChI is InChI=1S/C32H46N4O9/c1-7-27(37)33-13-15-35-25-17-24(21(4)16-26(25)45-32(30(35)40)11-9-12-32)29(39)36(20(2)3)23-10-8-14-34(18-23)31(41)44-22(5)43-28(38)19-42-6/h16-17,20,22-23H,7-15,18-19H2,1-6H3,(H,33,37)/t22?,23-/m1/s1. The molecule has 2 fully saturated rings. The molecular weight excluding hydrogens is 584 g/mol. The van der Waals surface area contributed by atoms with Crippen molar-refractivity contribution in [2.75, 3.05) is 44.8 Å². The molecule has 0 aromatic heterocycles. The lowest BCUT2D eigenvalue weighted by molar-refractivity contribution is -0.170. The van der Waals surface area contributed by atoms with Gasteiger partial charge < -0.3 is 39.0 Å². The molecule has 4 amide bonds. The summed E-state index contributed by atoms with van der Waals surface area (Å²) in [6, 6.07) is 3.05. The van der Waals surface area contributed by atoms with E-state index in [0.29, 0.717) is 61.2 Å². The molecule has 13 nitrogen and oxygen atoms in total. The molecule has 1 aromatic carbocycles. The molecule has 0 bridgehead atoms. The van der Waals surface area contributed by atoms with E-state index in [-0.39, 0.29) is 56.0 Å². The minimum absolute atomic E-state index is 0.103. The van der Waals surface area contributed by atoms with Crippen LogP contribution in [0.4, 0.5) is 10.5 Å². The van der Waals surface area contributed by atoms with Crippen LogP contribution in [0.5, 0.6) is 5.75 Å². The molecule has 1 aromatic rings. The Kier molecular flexibility index (Phi) is 10.9. The van der Waals surface area contributed by atoms with E-state index in [0.717, 1.165) is 6.42 Å². The minimum Gasteiger partial charge on any atom is -0.475 e. The number of benzene rings is 1. The largest absolute Gasteiger partial charge is 0.475 e. The van der Waals surface area contributed by atoms with Crippen molar-refractivity contribution in [3.05, 3.63) is 23.3 Å². The first-order valence-corrected chi connectivity index (χ1v) is 15.8. The highest BCUT2D eigenvalue weighted by molar-refractivity contribution is 6.05. The monoisotopic (exact) mass is 630 g/mol. The van der Waals surface area contributed by atoms with Gasteiger partial charge >= 0.3 is 12.1 Å². The average Bonchev–Trinajstić information content (AvgIpc) is 2.96. The summed E-state index contributed by atoms with van der Waals surface area (Å²) in [7, 11) is 1.36. The van der Waals surface area contributed by atoms with Crippen molar-refractivity contribution in [3.8, 4) is 5.75 Å². The van der Waals surface area contributed by atoms with Crippen molar-refractivity contribution in [3.63, 3.8) is 0 Å². The predicted molar refractivity (Wildman–Crippen MR) is 164 cm³/mol. The van der Waals surface area contributed by atoms with Gasteiger partial charge in [0.25, 0.3) is 11.8 Å². The number of nitrogens with zero attached hydrogens (tertiary/aromatic N) is 3. The van der Waals surface area contributed by atoms with Crippen LogP contribution in [0.15, 0.2) is 12.1 Å². The number of fused-ring (bicyclic) bond motifs is 1. The molecule has 1 aliphatic carbocycles. The number of aryl methyl sites for hydroxylation is 1. The topological polar surface area (TPSA) is 144 Å². The van der Waals surface area contributed by atoms with Crippen molar-refractivity contribution in [2.24, 2.45) is 0 Å². The van der Waals surface area contributed by atoms with E-state index in [1.165, 1.54) is 18.9 Å². The van der Waals surface area contributed by atoms with Gasteiger partial charge in [0.1, 0.15) is 12.4 Å². The average molecular weight is 631 g/mol. The van der Waals surface area contributed by atoms with Crippen LogP contribution in [-0.4, -0.2) is 103 Å². The van der Waals surface area contributed by atoms with E-state index in [1.807, 2.05) is 26.8 Å². The number of methoxy groups -OCH3 is 1. The van der Waals surface area contributed by atoms with E-state index in [1.54, 1.807) is 22.8 Å². The van der Waals surface area contributed by atoms with Gasteiger partial charge in [-0.05, 0) is 70.6 Å². The first-order valence-electron chi connectivity index (χ1n) is 15.8. The second kappa shape index (κ2) is 14.5. The van der Waals surface area contributed by atoms with Crippen molar-refractivity contribution >= 4 is 35.5 Å². The van der Waals surface area contributed by atoms with Crippen LogP contribution in [0.3, 0.4) is 0 Å². The first-order chi connectivity index (χ1) is 21.4. The molecule has 3 aliphatic rings. The Morgan fingerprint density at radius 2 is 1.87 bits per heavy atom. The van der Waals surface area contributed by atoms with Gasteiger partial charge in [-0.3, -0.25) is 14.4 Å². The quantitative estimate of drug-likeness (QED) is 0.288. The predicted octanol–water partition coefficient (Wildman–Crippen LogP) is 3.16. The second-order valence-electron chi connectivity index (χ2n) is 12.2. The number of hydrogen-bond acceptors (Lipinski definition) is 9. The van der Waals surface area contributed by atoms with Crippen molar-refractivity contribution in [1.29, 1.82) is 0 Å². The molecule has 1 saturated heterocycles. The Morgan fingerprint density at radius 3 is 2.49 bits per heavy atom. The summed E-state index contributed by atoms with van der Waals surface area (Å²) in [4.78, 5) is 69.4. The number of anilines is 1. The van der Waals surface area contributed by atoms with Gasteiger partial charge in [0, 0.05) is 58.2 Å². The van der Waals surface area contributed by atoms with Crippen molar-refractivity contribution in [1.82, 2.24) is 15.1 Å². The number of rotatable bonds is 11. The maximum Gasteiger partial charge on any atom is 0.412 e. The zero-order valence-electron chi connectivity index (χ0n) is 27.2. The summed E-state index contributed by atoms with van der Waals surface area (Å²) in [5.74, 6) is -0.575. The van der Waals surface area contributed by atoms with Gasteiger partial charge in [-0.1, -0.05) is 6.92 Å². The number of ether oxygens (including phenoxy) is 4. The van der Waals surface area contributed by atoms with Gasteiger partial charge in [0.15, 0.2) is 5.60 Å². The molecule has 4 rings (SSSR count).